The first-order valence-electron chi connectivity index (χ1n) is 8.88. The highest BCUT2D eigenvalue weighted by atomic mass is 16.6. The highest BCUT2D eigenvalue weighted by Gasteiger charge is 2.39. The van der Waals surface area contributed by atoms with Gasteiger partial charge in [-0.3, -0.25) is 19.4 Å². The third kappa shape index (κ3) is 4.67. The van der Waals surface area contributed by atoms with E-state index >= 15 is 0 Å². The van der Waals surface area contributed by atoms with Crippen molar-refractivity contribution in [3.63, 3.8) is 0 Å². The number of likely N-dealkylation sites (tertiary alicyclic amines) is 2. The third-order valence-corrected chi connectivity index (χ3v) is 4.85. The summed E-state index contributed by atoms with van der Waals surface area (Å²) in [5, 5.41) is 0. The molecule has 0 radical (unpaired) electrons. The maximum Gasteiger partial charge on any atom is 0.323 e. The first kappa shape index (κ1) is 18.2. The Hall–Kier alpha value is -1.14. The second-order valence-electron chi connectivity index (χ2n) is 6.56. The first-order chi connectivity index (χ1) is 11.1. The Balaban J connectivity index is 1.81. The summed E-state index contributed by atoms with van der Waals surface area (Å²) in [6.45, 7) is 7.03. The summed E-state index contributed by atoms with van der Waals surface area (Å²) in [6.07, 6.45) is 4.13. The van der Waals surface area contributed by atoms with Gasteiger partial charge in [0.15, 0.2) is 0 Å². The van der Waals surface area contributed by atoms with E-state index in [-0.39, 0.29) is 30.1 Å². The van der Waals surface area contributed by atoms with Gasteiger partial charge in [-0.25, -0.2) is 0 Å². The average molecular weight is 326 g/mol. The van der Waals surface area contributed by atoms with Gasteiger partial charge in [-0.15, -0.1) is 0 Å². The van der Waals surface area contributed by atoms with Crippen LogP contribution in [0.3, 0.4) is 0 Å². The molecule has 2 saturated heterocycles. The molecule has 2 rings (SSSR count). The van der Waals surface area contributed by atoms with Crippen molar-refractivity contribution in [1.29, 1.82) is 0 Å². The minimum absolute atomic E-state index is 0.110. The van der Waals surface area contributed by atoms with Gasteiger partial charge in [0.25, 0.3) is 0 Å². The standard InChI is InChI=1S/C17H30N2O4/c1-4-6-10-22-16(20)15-11-13(12-18(15)3)23-17(21)14-8-7-9-19(14)5-2/h13-15H,4-12H2,1-3H3. The number of rotatable bonds is 7. The lowest BCUT2D eigenvalue weighted by atomic mass is 10.2. The van der Waals surface area contributed by atoms with E-state index < -0.39 is 0 Å². The van der Waals surface area contributed by atoms with E-state index in [1.54, 1.807) is 0 Å². The van der Waals surface area contributed by atoms with Gasteiger partial charge in [-0.05, 0) is 39.4 Å². The van der Waals surface area contributed by atoms with E-state index in [2.05, 4.69) is 18.7 Å². The van der Waals surface area contributed by atoms with E-state index in [1.165, 1.54) is 0 Å². The van der Waals surface area contributed by atoms with Gasteiger partial charge in [-0.1, -0.05) is 20.3 Å². The maximum absolute atomic E-state index is 12.4. The van der Waals surface area contributed by atoms with Gasteiger partial charge >= 0.3 is 11.9 Å². The van der Waals surface area contributed by atoms with Crippen molar-refractivity contribution in [2.75, 3.05) is 33.3 Å². The van der Waals surface area contributed by atoms with E-state index in [9.17, 15) is 9.59 Å². The van der Waals surface area contributed by atoms with Crippen molar-refractivity contribution in [3.8, 4) is 0 Å². The summed E-state index contributed by atoms with van der Waals surface area (Å²) in [7, 11) is 1.88. The molecule has 0 amide bonds. The number of hydrogen-bond donors (Lipinski definition) is 0. The van der Waals surface area contributed by atoms with Crippen LogP contribution in [-0.2, 0) is 19.1 Å². The van der Waals surface area contributed by atoms with Crippen molar-refractivity contribution in [3.05, 3.63) is 0 Å². The first-order valence-corrected chi connectivity index (χ1v) is 8.88. The van der Waals surface area contributed by atoms with Crippen LogP contribution in [0.5, 0.6) is 0 Å². The van der Waals surface area contributed by atoms with Gasteiger partial charge in [-0.2, -0.15) is 0 Å². The van der Waals surface area contributed by atoms with E-state index in [1.807, 2.05) is 11.9 Å². The Morgan fingerprint density at radius 3 is 2.65 bits per heavy atom. The molecule has 132 valence electrons. The molecule has 6 heteroatoms. The second kappa shape index (κ2) is 8.64. The van der Waals surface area contributed by atoms with Crippen LogP contribution in [-0.4, -0.2) is 73.2 Å². The molecule has 2 aliphatic heterocycles. The predicted octanol–water partition coefficient (Wildman–Crippen LogP) is 1.43. The molecule has 0 aromatic heterocycles. The number of esters is 2. The lowest BCUT2D eigenvalue weighted by molar-refractivity contribution is -0.154. The summed E-state index contributed by atoms with van der Waals surface area (Å²) in [5.74, 6) is -0.335. The summed E-state index contributed by atoms with van der Waals surface area (Å²) in [5.41, 5.74) is 0. The number of unbranched alkanes of at least 4 members (excludes halogenated alkanes) is 1. The molecule has 2 fully saturated rings. The van der Waals surface area contributed by atoms with Gasteiger partial charge in [0.2, 0.25) is 0 Å². The molecule has 0 saturated carbocycles. The molecular weight excluding hydrogens is 296 g/mol. The van der Waals surface area contributed by atoms with Crippen molar-refractivity contribution in [2.24, 2.45) is 0 Å². The van der Waals surface area contributed by atoms with Gasteiger partial charge in [0.05, 0.1) is 6.61 Å². The van der Waals surface area contributed by atoms with Crippen LogP contribution in [0.4, 0.5) is 0 Å². The normalized spacial score (nSPS) is 28.9. The molecule has 3 atom stereocenters. The van der Waals surface area contributed by atoms with E-state index in [0.29, 0.717) is 19.6 Å². The number of likely N-dealkylation sites (N-methyl/N-ethyl adjacent to an activating group) is 2. The Morgan fingerprint density at radius 2 is 1.96 bits per heavy atom. The smallest absolute Gasteiger partial charge is 0.323 e. The lowest BCUT2D eigenvalue weighted by Gasteiger charge is -2.22. The highest BCUT2D eigenvalue weighted by Crippen LogP contribution is 2.23. The fourth-order valence-electron chi connectivity index (χ4n) is 3.44. The molecule has 6 nitrogen and oxygen atoms in total. The Labute approximate surface area is 139 Å². The van der Waals surface area contributed by atoms with Crippen molar-refractivity contribution < 1.29 is 19.1 Å². The monoisotopic (exact) mass is 326 g/mol. The van der Waals surface area contributed by atoms with Crippen LogP contribution < -0.4 is 0 Å². The molecule has 0 bridgehead atoms. The van der Waals surface area contributed by atoms with E-state index in [0.717, 1.165) is 38.8 Å². The molecule has 3 unspecified atom stereocenters. The molecule has 0 spiro atoms. The highest BCUT2D eigenvalue weighted by molar-refractivity contribution is 5.78. The summed E-state index contributed by atoms with van der Waals surface area (Å²) in [6, 6.07) is -0.406. The zero-order valence-corrected chi connectivity index (χ0v) is 14.6. The Kier molecular flexibility index (Phi) is 6.84. The molecule has 23 heavy (non-hydrogen) atoms. The topological polar surface area (TPSA) is 59.1 Å². The van der Waals surface area contributed by atoms with Crippen LogP contribution in [0.25, 0.3) is 0 Å². The molecule has 2 heterocycles. The van der Waals surface area contributed by atoms with Gasteiger partial charge < -0.3 is 9.47 Å². The van der Waals surface area contributed by atoms with E-state index in [4.69, 9.17) is 9.47 Å². The quantitative estimate of drug-likeness (QED) is 0.521. The van der Waals surface area contributed by atoms with Crippen molar-refractivity contribution >= 4 is 11.9 Å². The average Bonchev–Trinajstić information content (AvgIpc) is 3.13. The van der Waals surface area contributed by atoms with Crippen LogP contribution in [0.1, 0.15) is 46.0 Å². The molecule has 2 aliphatic rings. The van der Waals surface area contributed by atoms with Crippen LogP contribution in [0, 0.1) is 0 Å². The zero-order valence-electron chi connectivity index (χ0n) is 14.6. The molecule has 0 aromatic rings. The molecular formula is C17H30N2O4. The number of ether oxygens (including phenoxy) is 2. The third-order valence-electron chi connectivity index (χ3n) is 4.85. The minimum atomic E-state index is -0.296. The van der Waals surface area contributed by atoms with Crippen LogP contribution in [0.15, 0.2) is 0 Å². The number of carbonyl (C=O) groups is 2. The predicted molar refractivity (Wildman–Crippen MR) is 87.1 cm³/mol. The fraction of sp³-hybridized carbons (Fsp3) is 0.882. The number of carbonyl (C=O) groups excluding carboxylic acids is 2. The summed E-state index contributed by atoms with van der Waals surface area (Å²) >= 11 is 0. The number of nitrogens with zero attached hydrogens (tertiary/aromatic N) is 2. The Morgan fingerprint density at radius 1 is 1.17 bits per heavy atom. The zero-order chi connectivity index (χ0) is 16.8. The van der Waals surface area contributed by atoms with Crippen LogP contribution >= 0.6 is 0 Å². The fourth-order valence-corrected chi connectivity index (χ4v) is 3.44. The SMILES string of the molecule is CCCCOC(=O)C1CC(OC(=O)C2CCCN2CC)CN1C. The molecule has 0 N–H and O–H groups in total. The molecule has 0 aliphatic carbocycles. The van der Waals surface area contributed by atoms with Gasteiger partial charge in [0, 0.05) is 13.0 Å². The second-order valence-corrected chi connectivity index (χ2v) is 6.56. The Bertz CT molecular complexity index is 415. The van der Waals surface area contributed by atoms with Crippen molar-refractivity contribution in [2.45, 2.75) is 64.1 Å². The van der Waals surface area contributed by atoms with Crippen molar-refractivity contribution in [1.82, 2.24) is 9.80 Å². The maximum atomic E-state index is 12.4. The lowest BCUT2D eigenvalue weighted by Crippen LogP contribution is -2.39. The van der Waals surface area contributed by atoms with Gasteiger partial charge in [0.1, 0.15) is 18.2 Å². The minimum Gasteiger partial charge on any atom is -0.465 e. The van der Waals surface area contributed by atoms with Crippen LogP contribution in [0.2, 0.25) is 0 Å². The summed E-state index contributed by atoms with van der Waals surface area (Å²) < 4.78 is 11.0. The number of hydrogen-bond acceptors (Lipinski definition) is 6. The largest absolute Gasteiger partial charge is 0.465 e. The molecule has 0 aromatic carbocycles. The summed E-state index contributed by atoms with van der Waals surface area (Å²) in [4.78, 5) is 28.6.